The highest BCUT2D eigenvalue weighted by Crippen LogP contribution is 2.25. The smallest absolute Gasteiger partial charge is 0.258 e. The van der Waals surface area contributed by atoms with E-state index in [-0.39, 0.29) is 35.4 Å². The summed E-state index contributed by atoms with van der Waals surface area (Å²) in [4.78, 5) is 37.7. The van der Waals surface area contributed by atoms with Gasteiger partial charge in [0.15, 0.2) is 0 Å². The van der Waals surface area contributed by atoms with E-state index >= 15 is 0 Å². The normalized spacial score (nSPS) is 18.2. The van der Waals surface area contributed by atoms with Gasteiger partial charge in [-0.1, -0.05) is 24.6 Å². The highest BCUT2D eigenvalue weighted by Gasteiger charge is 2.28. The molecule has 2 unspecified atom stereocenters. The van der Waals surface area contributed by atoms with Gasteiger partial charge in [0.05, 0.1) is 5.56 Å². The third-order valence-corrected chi connectivity index (χ3v) is 5.68. The van der Waals surface area contributed by atoms with Crippen LogP contribution in [0.15, 0.2) is 42.5 Å². The summed E-state index contributed by atoms with van der Waals surface area (Å²) in [6.45, 7) is 5.66. The molecule has 1 saturated carbocycles. The number of amides is 3. The van der Waals surface area contributed by atoms with Crippen molar-refractivity contribution in [3.05, 3.63) is 65.0 Å². The second kappa shape index (κ2) is 10.4. The Bertz CT molecular complexity index is 1010. The van der Waals surface area contributed by atoms with Crippen molar-refractivity contribution in [3.8, 4) is 0 Å². The first-order valence-electron chi connectivity index (χ1n) is 11.0. The van der Waals surface area contributed by atoms with E-state index < -0.39 is 11.7 Å². The standard InChI is InChI=1S/C25H30FN3O3/c1-15(2)27-23(30)17-7-6-8-19(13-17)28-24(31)18-12-11-16(3)22(14-18)29-25(32)20-9-4-5-10-21(20)26/h4-5,9-12,14-15,17,19H,6-8,13H2,1-3H3,(H,27,30)(H,28,31)(H,29,32). The molecule has 0 bridgehead atoms. The van der Waals surface area contributed by atoms with Crippen LogP contribution in [0, 0.1) is 18.7 Å². The van der Waals surface area contributed by atoms with E-state index in [0.29, 0.717) is 17.7 Å². The molecule has 3 amide bonds. The molecule has 32 heavy (non-hydrogen) atoms. The Balaban J connectivity index is 1.66. The summed E-state index contributed by atoms with van der Waals surface area (Å²) in [6.07, 6.45) is 3.12. The molecule has 3 rings (SSSR count). The minimum Gasteiger partial charge on any atom is -0.354 e. The summed E-state index contributed by atoms with van der Waals surface area (Å²) >= 11 is 0. The van der Waals surface area contributed by atoms with Crippen LogP contribution >= 0.6 is 0 Å². The van der Waals surface area contributed by atoms with Gasteiger partial charge < -0.3 is 16.0 Å². The predicted octanol–water partition coefficient (Wildman–Crippen LogP) is 4.20. The molecule has 0 spiro atoms. The Kier molecular flexibility index (Phi) is 7.62. The molecular weight excluding hydrogens is 409 g/mol. The first kappa shape index (κ1) is 23.4. The van der Waals surface area contributed by atoms with Crippen LogP contribution < -0.4 is 16.0 Å². The highest BCUT2D eigenvalue weighted by molar-refractivity contribution is 6.05. The largest absolute Gasteiger partial charge is 0.354 e. The van der Waals surface area contributed by atoms with Crippen molar-refractivity contribution in [3.63, 3.8) is 0 Å². The number of benzene rings is 2. The lowest BCUT2D eigenvalue weighted by atomic mass is 9.85. The first-order valence-corrected chi connectivity index (χ1v) is 11.0. The van der Waals surface area contributed by atoms with E-state index in [1.54, 1.807) is 31.2 Å². The molecule has 3 N–H and O–H groups in total. The van der Waals surface area contributed by atoms with Crippen LogP contribution in [-0.2, 0) is 4.79 Å². The van der Waals surface area contributed by atoms with Crippen LogP contribution in [0.3, 0.4) is 0 Å². The van der Waals surface area contributed by atoms with E-state index in [1.165, 1.54) is 18.2 Å². The number of carbonyl (C=O) groups is 3. The van der Waals surface area contributed by atoms with Gasteiger partial charge in [0.25, 0.3) is 11.8 Å². The molecule has 1 aliphatic carbocycles. The topological polar surface area (TPSA) is 87.3 Å². The Labute approximate surface area is 188 Å². The van der Waals surface area contributed by atoms with E-state index in [2.05, 4.69) is 16.0 Å². The second-order valence-corrected chi connectivity index (χ2v) is 8.66. The van der Waals surface area contributed by atoms with E-state index in [4.69, 9.17) is 0 Å². The van der Waals surface area contributed by atoms with Crippen molar-refractivity contribution in [2.24, 2.45) is 5.92 Å². The fourth-order valence-electron chi connectivity index (χ4n) is 3.96. The number of nitrogens with one attached hydrogen (secondary N) is 3. The molecule has 0 aromatic heterocycles. The van der Waals surface area contributed by atoms with Gasteiger partial charge in [-0.25, -0.2) is 4.39 Å². The molecule has 1 fully saturated rings. The molecule has 0 radical (unpaired) electrons. The van der Waals surface area contributed by atoms with Crippen LogP contribution in [-0.4, -0.2) is 29.8 Å². The van der Waals surface area contributed by atoms with E-state index in [1.807, 2.05) is 13.8 Å². The maximum atomic E-state index is 13.9. The maximum Gasteiger partial charge on any atom is 0.258 e. The van der Waals surface area contributed by atoms with Gasteiger partial charge in [-0.2, -0.15) is 0 Å². The van der Waals surface area contributed by atoms with Crippen LogP contribution in [0.25, 0.3) is 0 Å². The summed E-state index contributed by atoms with van der Waals surface area (Å²) < 4.78 is 13.9. The lowest BCUT2D eigenvalue weighted by molar-refractivity contribution is -0.126. The van der Waals surface area contributed by atoms with Crippen molar-refractivity contribution in [2.45, 2.75) is 58.5 Å². The molecule has 6 nitrogen and oxygen atoms in total. The third-order valence-electron chi connectivity index (χ3n) is 5.68. The van der Waals surface area contributed by atoms with E-state index in [9.17, 15) is 18.8 Å². The molecule has 1 aliphatic rings. The van der Waals surface area contributed by atoms with Gasteiger partial charge in [0, 0.05) is 29.3 Å². The monoisotopic (exact) mass is 439 g/mol. The average Bonchev–Trinajstić information content (AvgIpc) is 2.75. The highest BCUT2D eigenvalue weighted by atomic mass is 19.1. The minimum atomic E-state index is -0.607. The van der Waals surface area contributed by atoms with Crippen molar-refractivity contribution in [1.82, 2.24) is 10.6 Å². The Morgan fingerprint density at radius 1 is 1.03 bits per heavy atom. The van der Waals surface area contributed by atoms with Crippen LogP contribution in [0.4, 0.5) is 10.1 Å². The molecule has 2 aromatic rings. The summed E-state index contributed by atoms with van der Waals surface area (Å²) in [5, 5.41) is 8.67. The summed E-state index contributed by atoms with van der Waals surface area (Å²) in [6, 6.07) is 10.8. The first-order chi connectivity index (χ1) is 15.2. The fourth-order valence-corrected chi connectivity index (χ4v) is 3.96. The number of anilines is 1. The van der Waals surface area contributed by atoms with Gasteiger partial charge in [0.2, 0.25) is 5.91 Å². The summed E-state index contributed by atoms with van der Waals surface area (Å²) in [5.74, 6) is -1.52. The van der Waals surface area contributed by atoms with Crippen LogP contribution in [0.5, 0.6) is 0 Å². The third kappa shape index (κ3) is 5.93. The Morgan fingerprint density at radius 2 is 1.78 bits per heavy atom. The molecule has 170 valence electrons. The number of hydrogen-bond acceptors (Lipinski definition) is 3. The zero-order chi connectivity index (χ0) is 23.3. The zero-order valence-corrected chi connectivity index (χ0v) is 18.7. The molecule has 0 saturated heterocycles. The molecule has 0 heterocycles. The van der Waals surface area contributed by atoms with Crippen molar-refractivity contribution in [2.75, 3.05) is 5.32 Å². The maximum absolute atomic E-state index is 13.9. The van der Waals surface area contributed by atoms with Crippen molar-refractivity contribution >= 4 is 23.4 Å². The van der Waals surface area contributed by atoms with Gasteiger partial charge >= 0.3 is 0 Å². The quantitative estimate of drug-likeness (QED) is 0.630. The van der Waals surface area contributed by atoms with Crippen LogP contribution in [0.2, 0.25) is 0 Å². The van der Waals surface area contributed by atoms with Gasteiger partial charge in [0.1, 0.15) is 5.82 Å². The number of halogens is 1. The van der Waals surface area contributed by atoms with Gasteiger partial charge in [-0.05, 0) is 69.9 Å². The average molecular weight is 440 g/mol. The minimum absolute atomic E-state index is 0.0347. The SMILES string of the molecule is Cc1ccc(C(=O)NC2CCCC(C(=O)NC(C)C)C2)cc1NC(=O)c1ccccc1F. The van der Waals surface area contributed by atoms with Crippen LogP contribution in [0.1, 0.15) is 65.8 Å². The number of aryl methyl sites for hydroxylation is 1. The number of carbonyl (C=O) groups excluding carboxylic acids is 3. The predicted molar refractivity (Wildman–Crippen MR) is 122 cm³/mol. The lowest BCUT2D eigenvalue weighted by Crippen LogP contribution is -2.43. The fraction of sp³-hybridized carbons (Fsp3) is 0.400. The molecule has 0 aliphatic heterocycles. The number of rotatable bonds is 6. The second-order valence-electron chi connectivity index (χ2n) is 8.66. The molecular formula is C25H30FN3O3. The summed E-state index contributed by atoms with van der Waals surface area (Å²) in [5.41, 5.74) is 1.54. The Hall–Kier alpha value is -3.22. The van der Waals surface area contributed by atoms with Crippen molar-refractivity contribution < 1.29 is 18.8 Å². The van der Waals surface area contributed by atoms with Crippen molar-refractivity contribution in [1.29, 1.82) is 0 Å². The molecule has 2 aromatic carbocycles. The molecule has 2 atom stereocenters. The van der Waals surface area contributed by atoms with Gasteiger partial charge in [-0.15, -0.1) is 0 Å². The number of hydrogen-bond donors (Lipinski definition) is 3. The Morgan fingerprint density at radius 3 is 2.50 bits per heavy atom. The van der Waals surface area contributed by atoms with Gasteiger partial charge in [-0.3, -0.25) is 14.4 Å². The lowest BCUT2D eigenvalue weighted by Gasteiger charge is -2.29. The van der Waals surface area contributed by atoms with E-state index in [0.717, 1.165) is 24.8 Å². The molecule has 7 heteroatoms. The zero-order valence-electron chi connectivity index (χ0n) is 18.7. The summed E-state index contributed by atoms with van der Waals surface area (Å²) in [7, 11) is 0.